The third-order valence-corrected chi connectivity index (χ3v) is 16.5. The number of methoxy groups -OCH3 is 2. The van der Waals surface area contributed by atoms with Crippen molar-refractivity contribution in [3.63, 3.8) is 0 Å². The van der Waals surface area contributed by atoms with E-state index in [-0.39, 0.29) is 129 Å². The van der Waals surface area contributed by atoms with Crippen molar-refractivity contribution in [3.8, 4) is 0 Å². The van der Waals surface area contributed by atoms with Crippen LogP contribution >= 0.6 is 0 Å². The number of fused-ring (bicyclic) bond motifs is 6. The number of carbonyl (C=O) groups excluding carboxylic acids is 1. The second kappa shape index (κ2) is 17.6. The van der Waals surface area contributed by atoms with Crippen LogP contribution in [0, 0.1) is 17.8 Å². The summed E-state index contributed by atoms with van der Waals surface area (Å²) in [4.78, 5) is 16.4. The van der Waals surface area contributed by atoms with Crippen molar-refractivity contribution in [2.75, 3.05) is 33.9 Å². The fourth-order valence-electron chi connectivity index (χ4n) is 13.2. The summed E-state index contributed by atoms with van der Waals surface area (Å²) < 4.78 is 107. The zero-order valence-electron chi connectivity index (χ0n) is 36.7. The molecule has 0 N–H and O–H groups in total. The number of ketones is 1. The largest absolute Gasteiger partial charge is 0.391 e. The number of halogens is 3. The number of likely N-dealkylation sites (tertiary alicyclic amines) is 1. The molecule has 1 spiro atoms. The van der Waals surface area contributed by atoms with Gasteiger partial charge in [0.2, 0.25) is 0 Å². The standard InChI is InChI=1S/C47H68F3NO11/c1-24-16-29-6-8-34-25(2)17-31(55-34)10-13-46-22-39-42(61-46)43-44(60-39)45(62-46)41-35(59-43)9-7-30(57-41)18-28(52)19-33-37(21-36(56-29)26(24)3)58-38(40(33)54-5)20-32(53-4)23-51-14-11-27(12-15-51)47(48,49)50/h24,27,29-45H,2-3,6-23H2,1,4-5H3/t24-,29+,30-,31+,32+,33+,34+,35+,36-,37+,38-,39-,40-,41+,42+,43+,44-,45+,46+/m1/s1. The average Bonchev–Trinajstić information content (AvgIpc) is 3.92. The van der Waals surface area contributed by atoms with E-state index in [4.69, 9.17) is 47.4 Å². The van der Waals surface area contributed by atoms with E-state index < -0.39 is 30.1 Å². The van der Waals surface area contributed by atoms with Crippen molar-refractivity contribution in [2.24, 2.45) is 17.8 Å². The second-order valence-corrected chi connectivity index (χ2v) is 20.5. The Morgan fingerprint density at radius 2 is 1.48 bits per heavy atom. The smallest absolute Gasteiger partial charge is 0.380 e. The van der Waals surface area contributed by atoms with Gasteiger partial charge in [0, 0.05) is 65.2 Å². The number of nitrogens with zero attached hydrogens (tertiary/aromatic N) is 1. The van der Waals surface area contributed by atoms with Gasteiger partial charge in [-0.15, -0.1) is 0 Å². The van der Waals surface area contributed by atoms with E-state index in [2.05, 4.69) is 25.0 Å². The van der Waals surface area contributed by atoms with Crippen LogP contribution in [0.2, 0.25) is 0 Å². The number of ether oxygens (including phenoxy) is 10. The van der Waals surface area contributed by atoms with Gasteiger partial charge in [-0.1, -0.05) is 20.1 Å². The van der Waals surface area contributed by atoms with Gasteiger partial charge in [-0.05, 0) is 87.9 Å². The Hall–Kier alpha value is -1.50. The lowest BCUT2D eigenvalue weighted by molar-refractivity contribution is -0.292. The van der Waals surface area contributed by atoms with Crippen LogP contribution in [0.5, 0.6) is 0 Å². The number of piperidine rings is 1. The van der Waals surface area contributed by atoms with Gasteiger partial charge in [0.15, 0.2) is 5.79 Å². The first-order valence-corrected chi connectivity index (χ1v) is 23.8. The lowest BCUT2D eigenvalue weighted by Gasteiger charge is -2.47. The normalized spacial score (nSPS) is 48.3. The molecule has 11 fully saturated rings. The van der Waals surface area contributed by atoms with Crippen LogP contribution in [-0.2, 0) is 52.2 Å². The molecule has 11 heterocycles. The molecule has 0 saturated carbocycles. The number of carbonyl (C=O) groups is 1. The number of rotatable bonds is 6. The SMILES string of the molecule is C=C1C[C@@H]2CC[C@@]34C[C@H]5O[C@H]6[C@@H](O3)[C@H]3O[C@H](CC[C@@H]3O[C@H]6[C@H]5O4)CC(=O)C[C@@H]3[C@@H](OC)[C@@H](C[C@@H](CN4CCC(C(F)(F)F)CC4)OC)O[C@H]3C[C@H]3O[C@@H](CC[C@@H]1O2)C[C@@H](C)C3=C. The first kappa shape index (κ1) is 44.3. The molecule has 0 aromatic carbocycles. The summed E-state index contributed by atoms with van der Waals surface area (Å²) in [5, 5.41) is 0. The Balaban J connectivity index is 0.889. The van der Waals surface area contributed by atoms with Crippen LogP contribution in [0.15, 0.2) is 24.3 Å². The Morgan fingerprint density at radius 1 is 0.758 bits per heavy atom. The molecule has 11 saturated heterocycles. The summed E-state index contributed by atoms with van der Waals surface area (Å²) in [6.07, 6.45) is 0.486. The van der Waals surface area contributed by atoms with E-state index in [9.17, 15) is 18.0 Å². The van der Waals surface area contributed by atoms with E-state index in [1.54, 1.807) is 14.2 Å². The van der Waals surface area contributed by atoms with Crippen molar-refractivity contribution < 1.29 is 65.3 Å². The molecule has 0 unspecified atom stereocenters. The van der Waals surface area contributed by atoms with Crippen molar-refractivity contribution >= 4 is 5.78 Å². The van der Waals surface area contributed by atoms with Crippen molar-refractivity contribution in [2.45, 2.75) is 213 Å². The maximum atomic E-state index is 14.4. The van der Waals surface area contributed by atoms with E-state index in [0.29, 0.717) is 51.7 Å². The predicted octanol–water partition coefficient (Wildman–Crippen LogP) is 6.41. The van der Waals surface area contributed by atoms with Crippen LogP contribution in [0.1, 0.15) is 103 Å². The molecule has 348 valence electrons. The third-order valence-electron chi connectivity index (χ3n) is 16.5. The fraction of sp³-hybridized carbons (Fsp3) is 0.894. The molecule has 12 bridgehead atoms. The molecule has 0 aromatic heterocycles. The average molecular weight is 880 g/mol. The van der Waals surface area contributed by atoms with E-state index in [1.807, 2.05) is 0 Å². The van der Waals surface area contributed by atoms with Gasteiger partial charge in [-0.25, -0.2) is 0 Å². The topological polar surface area (TPSA) is 113 Å². The summed E-state index contributed by atoms with van der Waals surface area (Å²) in [5.74, 6) is -2.04. The highest BCUT2D eigenvalue weighted by molar-refractivity contribution is 5.79. The molecule has 0 radical (unpaired) electrons. The number of alkyl halides is 3. The maximum Gasteiger partial charge on any atom is 0.391 e. The quantitative estimate of drug-likeness (QED) is 0.275. The predicted molar refractivity (Wildman–Crippen MR) is 217 cm³/mol. The van der Waals surface area contributed by atoms with Gasteiger partial charge in [0.05, 0.1) is 73.1 Å². The fourth-order valence-corrected chi connectivity index (χ4v) is 13.2. The lowest BCUT2D eigenvalue weighted by Crippen LogP contribution is -2.61. The van der Waals surface area contributed by atoms with E-state index >= 15 is 0 Å². The minimum Gasteiger partial charge on any atom is -0.380 e. The van der Waals surface area contributed by atoms with Crippen LogP contribution in [0.4, 0.5) is 13.2 Å². The van der Waals surface area contributed by atoms with E-state index in [0.717, 1.165) is 49.7 Å². The van der Waals surface area contributed by atoms with Crippen molar-refractivity contribution in [1.82, 2.24) is 4.90 Å². The molecule has 11 rings (SSSR count). The van der Waals surface area contributed by atoms with Crippen LogP contribution < -0.4 is 0 Å². The molecule has 15 heteroatoms. The molecule has 0 aromatic rings. The Labute approximate surface area is 364 Å². The van der Waals surface area contributed by atoms with Crippen LogP contribution in [0.25, 0.3) is 0 Å². The zero-order chi connectivity index (χ0) is 43.1. The lowest BCUT2D eigenvalue weighted by atomic mass is 9.81. The summed E-state index contributed by atoms with van der Waals surface area (Å²) in [7, 11) is 3.31. The first-order chi connectivity index (χ1) is 29.8. The third kappa shape index (κ3) is 8.65. The van der Waals surface area contributed by atoms with Gasteiger partial charge < -0.3 is 52.3 Å². The molecule has 0 amide bonds. The minimum absolute atomic E-state index is 0.000874. The minimum atomic E-state index is -4.17. The first-order valence-electron chi connectivity index (χ1n) is 23.8. The van der Waals surface area contributed by atoms with Gasteiger partial charge in [-0.2, -0.15) is 13.2 Å². The highest BCUT2D eigenvalue weighted by atomic mass is 19.4. The Bertz CT molecular complexity index is 1660. The molecule has 12 nitrogen and oxygen atoms in total. The number of hydrogen-bond donors (Lipinski definition) is 0. The Morgan fingerprint density at radius 3 is 2.26 bits per heavy atom. The molecule has 11 aliphatic heterocycles. The monoisotopic (exact) mass is 879 g/mol. The number of hydrogen-bond acceptors (Lipinski definition) is 12. The molecular formula is C47H68F3NO11. The molecular weight excluding hydrogens is 812 g/mol. The van der Waals surface area contributed by atoms with Gasteiger partial charge in [-0.3, -0.25) is 4.79 Å². The van der Waals surface area contributed by atoms with Crippen LogP contribution in [-0.4, -0.2) is 154 Å². The molecule has 19 atom stereocenters. The van der Waals surface area contributed by atoms with Gasteiger partial charge in [0.25, 0.3) is 0 Å². The molecule has 62 heavy (non-hydrogen) atoms. The van der Waals surface area contributed by atoms with Crippen molar-refractivity contribution in [3.05, 3.63) is 24.3 Å². The zero-order valence-corrected chi connectivity index (χ0v) is 36.7. The van der Waals surface area contributed by atoms with Gasteiger partial charge >= 0.3 is 6.18 Å². The summed E-state index contributed by atoms with van der Waals surface area (Å²) in [6, 6.07) is 0. The second-order valence-electron chi connectivity index (χ2n) is 20.5. The highest BCUT2D eigenvalue weighted by Gasteiger charge is 2.69. The molecule has 0 aliphatic carbocycles. The highest BCUT2D eigenvalue weighted by Crippen LogP contribution is 2.54. The van der Waals surface area contributed by atoms with Gasteiger partial charge in [0.1, 0.15) is 36.3 Å². The number of Topliss-reactive ketones (excluding diaryl/α,β-unsaturated/α-hetero) is 1. The summed E-state index contributed by atoms with van der Waals surface area (Å²) in [6.45, 7) is 12.4. The van der Waals surface area contributed by atoms with Crippen molar-refractivity contribution in [1.29, 1.82) is 0 Å². The maximum absolute atomic E-state index is 14.4. The van der Waals surface area contributed by atoms with E-state index in [1.165, 1.54) is 0 Å². The molecule has 11 aliphatic rings. The summed E-state index contributed by atoms with van der Waals surface area (Å²) >= 11 is 0. The Kier molecular flexibility index (Phi) is 12.6. The summed E-state index contributed by atoms with van der Waals surface area (Å²) in [5.41, 5.74) is 2.15. The van der Waals surface area contributed by atoms with Crippen LogP contribution in [0.3, 0.4) is 0 Å².